The number of carbonyl (C=O) groups is 1. The Kier molecular flexibility index (Phi) is 4.46. The van der Waals surface area contributed by atoms with Gasteiger partial charge in [0.25, 0.3) is 0 Å². The van der Waals surface area contributed by atoms with Crippen molar-refractivity contribution in [1.82, 2.24) is 19.7 Å². The first-order valence-electron chi connectivity index (χ1n) is 8.95. The molecule has 1 aliphatic rings. The molecule has 0 atom stereocenters. The summed E-state index contributed by atoms with van der Waals surface area (Å²) in [7, 11) is 0. The molecule has 0 amide bonds. The Labute approximate surface area is 151 Å². The first-order valence-corrected chi connectivity index (χ1v) is 8.95. The lowest BCUT2D eigenvalue weighted by Gasteiger charge is -2.28. The van der Waals surface area contributed by atoms with E-state index < -0.39 is 5.97 Å². The molecule has 3 heterocycles. The van der Waals surface area contributed by atoms with Crippen molar-refractivity contribution in [2.75, 3.05) is 13.1 Å². The van der Waals surface area contributed by atoms with Crippen molar-refractivity contribution in [3.8, 4) is 11.5 Å². The van der Waals surface area contributed by atoms with Crippen molar-refractivity contribution in [3.05, 3.63) is 36.4 Å². The van der Waals surface area contributed by atoms with Gasteiger partial charge in [-0.3, -0.25) is 9.69 Å². The van der Waals surface area contributed by atoms with E-state index in [2.05, 4.69) is 22.0 Å². The van der Waals surface area contributed by atoms with Gasteiger partial charge in [-0.2, -0.15) is 0 Å². The van der Waals surface area contributed by atoms with Gasteiger partial charge < -0.3 is 14.1 Å². The number of piperidine rings is 1. The Balaban J connectivity index is 1.60. The fourth-order valence-corrected chi connectivity index (χ4v) is 3.53. The summed E-state index contributed by atoms with van der Waals surface area (Å²) in [6, 6.07) is 7.65. The van der Waals surface area contributed by atoms with Gasteiger partial charge in [0.05, 0.1) is 12.1 Å². The van der Waals surface area contributed by atoms with Crippen molar-refractivity contribution in [3.63, 3.8) is 0 Å². The normalized spacial score (nSPS) is 16.3. The van der Waals surface area contributed by atoms with Gasteiger partial charge >= 0.3 is 5.97 Å². The topological polar surface area (TPSA) is 84.4 Å². The Hall–Kier alpha value is -2.67. The van der Waals surface area contributed by atoms with Gasteiger partial charge in [-0.1, -0.05) is 25.1 Å². The second-order valence-corrected chi connectivity index (χ2v) is 7.04. The molecule has 3 aromatic rings. The van der Waals surface area contributed by atoms with Gasteiger partial charge in [0.2, 0.25) is 11.8 Å². The van der Waals surface area contributed by atoms with Crippen molar-refractivity contribution in [2.24, 2.45) is 5.92 Å². The number of benzene rings is 1. The fourth-order valence-electron chi connectivity index (χ4n) is 3.53. The lowest BCUT2D eigenvalue weighted by Crippen LogP contribution is -2.32. The molecule has 26 heavy (non-hydrogen) atoms. The molecule has 1 N–H and O–H groups in total. The van der Waals surface area contributed by atoms with Gasteiger partial charge in [0, 0.05) is 17.1 Å². The quantitative estimate of drug-likeness (QED) is 0.758. The first-order chi connectivity index (χ1) is 12.6. The number of likely N-dealkylation sites (tertiary alicyclic amines) is 1. The number of hydrogen-bond acceptors (Lipinski definition) is 5. The number of nitrogens with zero attached hydrogens (tertiary/aromatic N) is 4. The van der Waals surface area contributed by atoms with E-state index >= 15 is 0 Å². The average molecular weight is 354 g/mol. The Bertz CT molecular complexity index is 922. The highest BCUT2D eigenvalue weighted by atomic mass is 16.4. The summed E-state index contributed by atoms with van der Waals surface area (Å²) in [6.07, 6.45) is 4.17. The van der Waals surface area contributed by atoms with Crippen LogP contribution in [0, 0.1) is 5.92 Å². The molecule has 0 unspecified atom stereocenters. The average Bonchev–Trinajstić information content (AvgIpc) is 3.22. The molecule has 4 rings (SSSR count). The summed E-state index contributed by atoms with van der Waals surface area (Å²) in [5.41, 5.74) is 1.61. The van der Waals surface area contributed by atoms with Crippen LogP contribution in [-0.4, -0.2) is 43.8 Å². The van der Waals surface area contributed by atoms with Crippen LogP contribution in [0.25, 0.3) is 22.4 Å². The van der Waals surface area contributed by atoms with Crippen LogP contribution in [0.4, 0.5) is 0 Å². The van der Waals surface area contributed by atoms with Gasteiger partial charge in [0.15, 0.2) is 0 Å². The summed E-state index contributed by atoms with van der Waals surface area (Å²) < 4.78 is 7.60. The molecule has 136 valence electrons. The highest BCUT2D eigenvalue weighted by Crippen LogP contribution is 2.30. The Morgan fingerprint density at radius 3 is 2.81 bits per heavy atom. The summed E-state index contributed by atoms with van der Waals surface area (Å²) >= 11 is 0. The predicted octanol–water partition coefficient (Wildman–Crippen LogP) is 3.01. The zero-order valence-corrected chi connectivity index (χ0v) is 14.8. The number of fused-ring (bicyclic) bond motifs is 1. The molecule has 0 bridgehead atoms. The molecule has 7 nitrogen and oxygen atoms in total. The molecule has 1 aromatic carbocycles. The second kappa shape index (κ2) is 6.92. The van der Waals surface area contributed by atoms with E-state index in [0.29, 0.717) is 18.3 Å². The van der Waals surface area contributed by atoms with Gasteiger partial charge in [-0.25, -0.2) is 0 Å². The van der Waals surface area contributed by atoms with E-state index in [-0.39, 0.29) is 6.54 Å². The summed E-state index contributed by atoms with van der Waals surface area (Å²) in [5.74, 6) is 0.933. The molecule has 7 heteroatoms. The monoisotopic (exact) mass is 354 g/mol. The molecular formula is C19H22N4O3. The third kappa shape index (κ3) is 3.35. The summed E-state index contributed by atoms with van der Waals surface area (Å²) in [5, 5.41) is 18.5. The largest absolute Gasteiger partial charge is 0.480 e. The maximum absolute atomic E-state index is 11.1. The van der Waals surface area contributed by atoms with E-state index in [0.717, 1.165) is 35.5 Å². The molecule has 0 saturated carbocycles. The minimum absolute atomic E-state index is 0.104. The highest BCUT2D eigenvalue weighted by molar-refractivity contribution is 5.94. The molecule has 1 fully saturated rings. The lowest BCUT2D eigenvalue weighted by molar-refractivity contribution is -0.137. The van der Waals surface area contributed by atoms with Crippen LogP contribution in [-0.2, 0) is 17.9 Å². The SMILES string of the molecule is CC1CCN(Cc2nnc(-c3cn(CC(=O)O)c4ccccc34)o2)CC1. The molecule has 0 spiro atoms. The van der Waals surface area contributed by atoms with Crippen molar-refractivity contribution < 1.29 is 14.3 Å². The first kappa shape index (κ1) is 16.8. The van der Waals surface area contributed by atoms with E-state index in [1.54, 1.807) is 10.8 Å². The van der Waals surface area contributed by atoms with Crippen LogP contribution in [0.2, 0.25) is 0 Å². The number of carboxylic acids is 1. The van der Waals surface area contributed by atoms with E-state index in [9.17, 15) is 4.79 Å². The van der Waals surface area contributed by atoms with Gasteiger partial charge in [-0.05, 0) is 37.9 Å². The number of carboxylic acid groups (broad SMARTS) is 1. The predicted molar refractivity (Wildman–Crippen MR) is 96.5 cm³/mol. The second-order valence-electron chi connectivity index (χ2n) is 7.04. The molecular weight excluding hydrogens is 332 g/mol. The van der Waals surface area contributed by atoms with Crippen LogP contribution in [0.3, 0.4) is 0 Å². The van der Waals surface area contributed by atoms with Gasteiger partial charge in [-0.15, -0.1) is 10.2 Å². The molecule has 2 aromatic heterocycles. The minimum Gasteiger partial charge on any atom is -0.480 e. The smallest absolute Gasteiger partial charge is 0.323 e. The van der Waals surface area contributed by atoms with Crippen molar-refractivity contribution in [1.29, 1.82) is 0 Å². The van der Waals surface area contributed by atoms with Crippen LogP contribution in [0.1, 0.15) is 25.7 Å². The third-order valence-corrected chi connectivity index (χ3v) is 5.03. The van der Waals surface area contributed by atoms with E-state index in [1.807, 2.05) is 24.3 Å². The molecule has 0 radical (unpaired) electrons. The third-order valence-electron chi connectivity index (χ3n) is 5.03. The maximum Gasteiger partial charge on any atom is 0.323 e. The number of hydrogen-bond donors (Lipinski definition) is 1. The van der Waals surface area contributed by atoms with Gasteiger partial charge in [0.1, 0.15) is 6.54 Å². The van der Waals surface area contributed by atoms with Crippen LogP contribution >= 0.6 is 0 Å². The summed E-state index contributed by atoms with van der Waals surface area (Å²) in [4.78, 5) is 13.5. The van der Waals surface area contributed by atoms with E-state index in [4.69, 9.17) is 9.52 Å². The molecule has 1 saturated heterocycles. The van der Waals surface area contributed by atoms with E-state index in [1.165, 1.54) is 12.8 Å². The Morgan fingerprint density at radius 2 is 2.04 bits per heavy atom. The number of aliphatic carboxylic acids is 1. The summed E-state index contributed by atoms with van der Waals surface area (Å²) in [6.45, 7) is 4.95. The lowest BCUT2D eigenvalue weighted by atomic mass is 9.99. The van der Waals surface area contributed by atoms with Crippen LogP contribution in [0.15, 0.2) is 34.9 Å². The Morgan fingerprint density at radius 1 is 1.27 bits per heavy atom. The standard InChI is InChI=1S/C19H22N4O3/c1-13-6-8-22(9-7-13)11-17-20-21-19(26-17)15-10-23(12-18(24)25)16-5-3-2-4-14(15)16/h2-5,10,13H,6-9,11-12H2,1H3,(H,24,25). The zero-order valence-electron chi connectivity index (χ0n) is 14.8. The number of aromatic nitrogens is 3. The van der Waals surface area contributed by atoms with Crippen molar-refractivity contribution >= 4 is 16.9 Å². The number of rotatable bonds is 5. The number of para-hydroxylation sites is 1. The fraction of sp³-hybridized carbons (Fsp3) is 0.421. The maximum atomic E-state index is 11.1. The van der Waals surface area contributed by atoms with Crippen LogP contribution in [0.5, 0.6) is 0 Å². The minimum atomic E-state index is -0.886. The highest BCUT2D eigenvalue weighted by Gasteiger charge is 2.20. The molecule has 0 aliphatic carbocycles. The van der Waals surface area contributed by atoms with Crippen LogP contribution < -0.4 is 0 Å². The van der Waals surface area contributed by atoms with Crippen molar-refractivity contribution in [2.45, 2.75) is 32.9 Å². The molecule has 1 aliphatic heterocycles. The zero-order chi connectivity index (χ0) is 18.1.